The highest BCUT2D eigenvalue weighted by Crippen LogP contribution is 2.32. The summed E-state index contributed by atoms with van der Waals surface area (Å²) in [7, 11) is 1.96. The van der Waals surface area contributed by atoms with Crippen molar-refractivity contribution in [2.75, 3.05) is 13.2 Å². The van der Waals surface area contributed by atoms with Crippen LogP contribution < -0.4 is 0 Å². The van der Waals surface area contributed by atoms with Crippen molar-refractivity contribution < 1.29 is 9.47 Å². The van der Waals surface area contributed by atoms with E-state index < -0.39 is 0 Å². The lowest BCUT2D eigenvalue weighted by molar-refractivity contribution is -0.0819. The third-order valence-corrected chi connectivity index (χ3v) is 4.91. The van der Waals surface area contributed by atoms with Crippen LogP contribution in [0.1, 0.15) is 24.0 Å². The second-order valence-corrected chi connectivity index (χ2v) is 6.71. The third-order valence-electron chi connectivity index (χ3n) is 4.91. The Morgan fingerprint density at radius 1 is 1.33 bits per heavy atom. The van der Waals surface area contributed by atoms with Gasteiger partial charge in [0.1, 0.15) is 6.10 Å². The van der Waals surface area contributed by atoms with Crippen molar-refractivity contribution in [3.63, 3.8) is 0 Å². The van der Waals surface area contributed by atoms with Crippen molar-refractivity contribution in [3.8, 4) is 0 Å². The lowest BCUT2D eigenvalue weighted by Gasteiger charge is -2.32. The molecule has 0 aliphatic carbocycles. The number of hydrogen-bond donors (Lipinski definition) is 0. The number of nitrogens with zero attached hydrogens (tertiary/aromatic N) is 4. The molecule has 2 aromatic heterocycles. The molecular formula is C18H24N4O2. The highest BCUT2D eigenvalue weighted by molar-refractivity contribution is 5.09. The Kier molecular flexibility index (Phi) is 4.60. The molecule has 24 heavy (non-hydrogen) atoms. The fourth-order valence-electron chi connectivity index (χ4n) is 3.81. The van der Waals surface area contributed by atoms with Gasteiger partial charge < -0.3 is 9.47 Å². The molecule has 0 saturated carbocycles. The maximum absolute atomic E-state index is 6.20. The van der Waals surface area contributed by atoms with Crippen LogP contribution in [0.5, 0.6) is 0 Å². The zero-order chi connectivity index (χ0) is 16.4. The molecule has 0 aromatic carbocycles. The molecule has 0 spiro atoms. The van der Waals surface area contributed by atoms with Gasteiger partial charge in [0, 0.05) is 56.9 Å². The van der Waals surface area contributed by atoms with Gasteiger partial charge in [-0.05, 0) is 24.5 Å². The van der Waals surface area contributed by atoms with Crippen molar-refractivity contribution in [2.24, 2.45) is 7.05 Å². The van der Waals surface area contributed by atoms with Gasteiger partial charge in [0.05, 0.1) is 18.9 Å². The van der Waals surface area contributed by atoms with E-state index in [0.717, 1.165) is 31.7 Å². The predicted molar refractivity (Wildman–Crippen MR) is 89.2 cm³/mol. The SMILES string of the molecule is Cn1cc(CN2C[C@H](OCc3cccnc3)[C@H]3OCCC[C@H]32)cn1. The molecular weight excluding hydrogens is 304 g/mol. The van der Waals surface area contributed by atoms with E-state index in [0.29, 0.717) is 12.6 Å². The first-order chi connectivity index (χ1) is 11.8. The van der Waals surface area contributed by atoms with Crippen LogP contribution in [0.4, 0.5) is 0 Å². The highest BCUT2D eigenvalue weighted by Gasteiger charge is 2.44. The summed E-state index contributed by atoms with van der Waals surface area (Å²) in [6.07, 6.45) is 10.3. The first kappa shape index (κ1) is 15.7. The molecule has 2 fully saturated rings. The number of aromatic nitrogens is 3. The van der Waals surface area contributed by atoms with Crippen LogP contribution in [0, 0.1) is 0 Å². The van der Waals surface area contributed by atoms with Gasteiger partial charge in [-0.1, -0.05) is 6.07 Å². The molecule has 4 heterocycles. The minimum absolute atomic E-state index is 0.118. The Bertz CT molecular complexity index is 660. The van der Waals surface area contributed by atoms with E-state index in [1.165, 1.54) is 12.0 Å². The van der Waals surface area contributed by atoms with Crippen molar-refractivity contribution in [1.29, 1.82) is 0 Å². The van der Waals surface area contributed by atoms with E-state index in [2.05, 4.69) is 27.2 Å². The van der Waals surface area contributed by atoms with Gasteiger partial charge in [0.25, 0.3) is 0 Å². The molecule has 128 valence electrons. The van der Waals surface area contributed by atoms with E-state index in [1.807, 2.05) is 30.2 Å². The number of fused-ring (bicyclic) bond motifs is 1. The third kappa shape index (κ3) is 3.36. The molecule has 2 saturated heterocycles. The van der Waals surface area contributed by atoms with E-state index in [1.54, 1.807) is 6.20 Å². The smallest absolute Gasteiger partial charge is 0.100 e. The predicted octanol–water partition coefficient (Wildman–Crippen LogP) is 1.76. The lowest BCUT2D eigenvalue weighted by Crippen LogP contribution is -2.41. The average molecular weight is 328 g/mol. The second kappa shape index (κ2) is 7.01. The lowest BCUT2D eigenvalue weighted by atomic mass is 10.0. The summed E-state index contributed by atoms with van der Waals surface area (Å²) in [6, 6.07) is 4.44. The fraction of sp³-hybridized carbons (Fsp3) is 0.556. The number of rotatable bonds is 5. The van der Waals surface area contributed by atoms with Crippen LogP contribution in [0.3, 0.4) is 0 Å². The number of aryl methyl sites for hydroxylation is 1. The van der Waals surface area contributed by atoms with Gasteiger partial charge >= 0.3 is 0 Å². The van der Waals surface area contributed by atoms with Crippen LogP contribution in [-0.2, 0) is 29.7 Å². The Labute approximate surface area is 142 Å². The van der Waals surface area contributed by atoms with E-state index in [4.69, 9.17) is 9.47 Å². The van der Waals surface area contributed by atoms with Gasteiger partial charge in [0.2, 0.25) is 0 Å². The maximum Gasteiger partial charge on any atom is 0.100 e. The summed E-state index contributed by atoms with van der Waals surface area (Å²) in [5.74, 6) is 0. The van der Waals surface area contributed by atoms with Gasteiger partial charge in [-0.3, -0.25) is 14.6 Å². The van der Waals surface area contributed by atoms with Gasteiger partial charge in [-0.25, -0.2) is 0 Å². The molecule has 2 aromatic rings. The summed E-state index contributed by atoms with van der Waals surface area (Å²) < 4.78 is 14.1. The van der Waals surface area contributed by atoms with Gasteiger partial charge in [0.15, 0.2) is 0 Å². The molecule has 4 rings (SSSR count). The highest BCUT2D eigenvalue weighted by atomic mass is 16.5. The van der Waals surface area contributed by atoms with E-state index in [-0.39, 0.29) is 12.2 Å². The fourth-order valence-corrected chi connectivity index (χ4v) is 3.81. The molecule has 2 aliphatic heterocycles. The van der Waals surface area contributed by atoms with E-state index >= 15 is 0 Å². The number of likely N-dealkylation sites (tertiary alicyclic amines) is 1. The summed E-state index contributed by atoms with van der Waals surface area (Å²) in [5.41, 5.74) is 2.35. The summed E-state index contributed by atoms with van der Waals surface area (Å²) in [4.78, 5) is 6.65. The quantitative estimate of drug-likeness (QED) is 0.837. The Hall–Kier alpha value is -1.76. The average Bonchev–Trinajstić information content (AvgIpc) is 3.18. The number of pyridine rings is 1. The first-order valence-electron chi connectivity index (χ1n) is 8.63. The molecule has 3 atom stereocenters. The van der Waals surface area contributed by atoms with Gasteiger partial charge in [-0.2, -0.15) is 5.10 Å². The van der Waals surface area contributed by atoms with Crippen molar-refractivity contribution in [3.05, 3.63) is 48.0 Å². The monoisotopic (exact) mass is 328 g/mol. The minimum Gasteiger partial charge on any atom is -0.374 e. The molecule has 6 nitrogen and oxygen atoms in total. The summed E-state index contributed by atoms with van der Waals surface area (Å²) in [6.45, 7) is 3.25. The molecule has 0 unspecified atom stereocenters. The molecule has 0 radical (unpaired) electrons. The van der Waals surface area contributed by atoms with Crippen molar-refractivity contribution in [2.45, 2.75) is 44.2 Å². The standard InChI is InChI=1S/C18H24N4O2/c1-21-10-15(9-20-21)11-22-12-17(18-16(22)5-3-7-23-18)24-13-14-4-2-6-19-8-14/h2,4,6,8-10,16-18H,3,5,7,11-13H2,1H3/t16-,17+,18+/m1/s1. The Morgan fingerprint density at radius 2 is 2.29 bits per heavy atom. The van der Waals surface area contributed by atoms with Crippen LogP contribution >= 0.6 is 0 Å². The Morgan fingerprint density at radius 3 is 3.08 bits per heavy atom. The number of hydrogen-bond acceptors (Lipinski definition) is 5. The summed E-state index contributed by atoms with van der Waals surface area (Å²) in [5, 5.41) is 4.28. The normalized spacial score (nSPS) is 27.3. The Balaban J connectivity index is 1.42. The minimum atomic E-state index is 0.118. The first-order valence-corrected chi connectivity index (χ1v) is 8.63. The van der Waals surface area contributed by atoms with Crippen LogP contribution in [-0.4, -0.2) is 51.1 Å². The number of ether oxygens (including phenoxy) is 2. The zero-order valence-electron chi connectivity index (χ0n) is 14.0. The molecule has 6 heteroatoms. The zero-order valence-corrected chi connectivity index (χ0v) is 14.0. The maximum atomic E-state index is 6.20. The topological polar surface area (TPSA) is 52.4 Å². The van der Waals surface area contributed by atoms with Crippen molar-refractivity contribution >= 4 is 0 Å². The van der Waals surface area contributed by atoms with Crippen LogP contribution in [0.25, 0.3) is 0 Å². The largest absolute Gasteiger partial charge is 0.374 e. The summed E-state index contributed by atoms with van der Waals surface area (Å²) >= 11 is 0. The molecule has 0 N–H and O–H groups in total. The van der Waals surface area contributed by atoms with Crippen molar-refractivity contribution in [1.82, 2.24) is 19.7 Å². The van der Waals surface area contributed by atoms with Crippen LogP contribution in [0.2, 0.25) is 0 Å². The second-order valence-electron chi connectivity index (χ2n) is 6.71. The molecule has 0 bridgehead atoms. The molecule has 0 amide bonds. The van der Waals surface area contributed by atoms with Gasteiger partial charge in [-0.15, -0.1) is 0 Å². The van der Waals surface area contributed by atoms with Crippen LogP contribution in [0.15, 0.2) is 36.9 Å². The molecule has 2 aliphatic rings. The van der Waals surface area contributed by atoms with E-state index in [9.17, 15) is 0 Å².